The maximum Gasteiger partial charge on any atom is 0.264 e. The average molecular weight is 366 g/mol. The third kappa shape index (κ3) is 3.93. The van der Waals surface area contributed by atoms with Crippen LogP contribution in [0.2, 0.25) is 0 Å². The van der Waals surface area contributed by atoms with Gasteiger partial charge in [0.25, 0.3) is 6.43 Å². The van der Waals surface area contributed by atoms with Gasteiger partial charge >= 0.3 is 0 Å². The van der Waals surface area contributed by atoms with Gasteiger partial charge < -0.3 is 39.4 Å². The van der Waals surface area contributed by atoms with E-state index >= 15 is 0 Å². The molecule has 0 unspecified atom stereocenters. The molecule has 0 amide bonds. The molecule has 0 spiro atoms. The van der Waals surface area contributed by atoms with Gasteiger partial charge in [-0.2, -0.15) is 0 Å². The summed E-state index contributed by atoms with van der Waals surface area (Å²) in [6.07, 6.45) is -10.3. The molecule has 5 atom stereocenters. The maximum atomic E-state index is 12.9. The number of aliphatic hydroxyl groups is 4. The zero-order valence-corrected chi connectivity index (χ0v) is 13.5. The van der Waals surface area contributed by atoms with E-state index in [-0.39, 0.29) is 22.8 Å². The molecule has 0 radical (unpaired) electrons. The average Bonchev–Trinajstić information content (AvgIpc) is 2.61. The number of ether oxygens (including phenoxy) is 4. The van der Waals surface area contributed by atoms with Crippen LogP contribution in [0.1, 0.15) is 12.0 Å². The van der Waals surface area contributed by atoms with E-state index in [1.54, 1.807) is 0 Å². The van der Waals surface area contributed by atoms with E-state index in [0.717, 1.165) is 12.1 Å². The minimum atomic E-state index is -2.77. The number of hydrogen-bond acceptors (Lipinski definition) is 8. The van der Waals surface area contributed by atoms with Crippen molar-refractivity contribution in [2.45, 2.75) is 37.1 Å². The number of halogens is 2. The third-order valence-electron chi connectivity index (χ3n) is 3.82. The topological polar surface area (TPSA) is 118 Å². The molecule has 10 heteroatoms. The smallest absolute Gasteiger partial charge is 0.264 e. The molecule has 4 N–H and O–H groups in total. The van der Waals surface area contributed by atoms with E-state index in [1.807, 2.05) is 0 Å². The minimum absolute atomic E-state index is 0.105. The fourth-order valence-corrected chi connectivity index (χ4v) is 2.42. The summed E-state index contributed by atoms with van der Waals surface area (Å²) >= 11 is 0. The van der Waals surface area contributed by atoms with Gasteiger partial charge in [0, 0.05) is 5.56 Å². The minimum Gasteiger partial charge on any atom is -0.493 e. The molecule has 1 aromatic rings. The van der Waals surface area contributed by atoms with Gasteiger partial charge in [-0.15, -0.1) is 0 Å². The molecule has 1 heterocycles. The van der Waals surface area contributed by atoms with Gasteiger partial charge in [0.15, 0.2) is 11.5 Å². The largest absolute Gasteiger partial charge is 0.493 e. The number of alkyl halides is 2. The molecule has 1 aliphatic rings. The van der Waals surface area contributed by atoms with Gasteiger partial charge in [-0.25, -0.2) is 8.78 Å². The molecule has 1 aliphatic heterocycles. The van der Waals surface area contributed by atoms with Crippen LogP contribution >= 0.6 is 0 Å². The zero-order chi connectivity index (χ0) is 18.7. The zero-order valence-electron chi connectivity index (χ0n) is 13.5. The van der Waals surface area contributed by atoms with Crippen molar-refractivity contribution in [1.82, 2.24) is 0 Å². The lowest BCUT2D eigenvalue weighted by atomic mass is 9.99. The predicted octanol–water partition coefficient (Wildman–Crippen LogP) is -0.180. The molecule has 1 aromatic carbocycles. The van der Waals surface area contributed by atoms with Crippen LogP contribution in [-0.2, 0) is 4.74 Å². The monoisotopic (exact) mass is 366 g/mol. The lowest BCUT2D eigenvalue weighted by molar-refractivity contribution is -0.277. The van der Waals surface area contributed by atoms with Crippen molar-refractivity contribution < 1.29 is 48.2 Å². The summed E-state index contributed by atoms with van der Waals surface area (Å²) in [5, 5.41) is 38.7. The van der Waals surface area contributed by atoms with E-state index in [1.165, 1.54) is 14.2 Å². The maximum absolute atomic E-state index is 12.9. The van der Waals surface area contributed by atoms with Crippen LogP contribution in [0, 0.1) is 0 Å². The quantitative estimate of drug-likeness (QED) is 0.548. The van der Waals surface area contributed by atoms with Gasteiger partial charge in [-0.1, -0.05) is 0 Å². The number of methoxy groups -OCH3 is 2. The highest BCUT2D eigenvalue weighted by Gasteiger charge is 2.45. The Labute approximate surface area is 142 Å². The second kappa shape index (κ2) is 8.11. The predicted molar refractivity (Wildman–Crippen MR) is 78.9 cm³/mol. The number of rotatable bonds is 6. The van der Waals surface area contributed by atoms with Gasteiger partial charge in [0.05, 0.1) is 20.8 Å². The van der Waals surface area contributed by atoms with Crippen molar-refractivity contribution in [2.24, 2.45) is 0 Å². The molecule has 142 valence electrons. The first-order chi connectivity index (χ1) is 11.8. The summed E-state index contributed by atoms with van der Waals surface area (Å²) in [5.74, 6) is -0.350. The fourth-order valence-electron chi connectivity index (χ4n) is 2.42. The van der Waals surface area contributed by atoms with Gasteiger partial charge in [-0.05, 0) is 12.1 Å². The van der Waals surface area contributed by atoms with Crippen LogP contribution in [0.25, 0.3) is 0 Å². The summed E-state index contributed by atoms with van der Waals surface area (Å²) in [7, 11) is 2.45. The SMILES string of the molecule is COc1cc(C(F)F)cc(OC)c1O[C@@H]1O[C@H](CO)[C@@H](O)[C@H](O)[C@H]1O. The highest BCUT2D eigenvalue weighted by Crippen LogP contribution is 2.42. The summed E-state index contributed by atoms with van der Waals surface area (Å²) < 4.78 is 46.6. The van der Waals surface area contributed by atoms with E-state index in [4.69, 9.17) is 18.9 Å². The Kier molecular flexibility index (Phi) is 6.36. The molecule has 1 fully saturated rings. The van der Waals surface area contributed by atoms with Crippen molar-refractivity contribution in [1.29, 1.82) is 0 Å². The van der Waals surface area contributed by atoms with Crippen LogP contribution in [0.5, 0.6) is 17.2 Å². The van der Waals surface area contributed by atoms with Crippen molar-refractivity contribution in [3.05, 3.63) is 17.7 Å². The molecule has 0 aromatic heterocycles. The van der Waals surface area contributed by atoms with Crippen molar-refractivity contribution in [3.63, 3.8) is 0 Å². The first kappa shape index (κ1) is 19.6. The molecule has 0 aliphatic carbocycles. The highest BCUT2D eigenvalue weighted by atomic mass is 19.3. The molecule has 25 heavy (non-hydrogen) atoms. The molecule has 0 saturated carbocycles. The van der Waals surface area contributed by atoms with E-state index in [0.29, 0.717) is 0 Å². The van der Waals surface area contributed by atoms with Gasteiger partial charge in [0.2, 0.25) is 12.0 Å². The van der Waals surface area contributed by atoms with Crippen LogP contribution < -0.4 is 14.2 Å². The Morgan fingerprint density at radius 2 is 1.60 bits per heavy atom. The summed E-state index contributed by atoms with van der Waals surface area (Å²) in [5.41, 5.74) is -0.366. The number of aliphatic hydroxyl groups excluding tert-OH is 4. The van der Waals surface area contributed by atoms with Gasteiger partial charge in [-0.3, -0.25) is 0 Å². The first-order valence-corrected chi connectivity index (χ1v) is 7.35. The second-order valence-electron chi connectivity index (χ2n) is 5.37. The van der Waals surface area contributed by atoms with Crippen molar-refractivity contribution in [3.8, 4) is 17.2 Å². The summed E-state index contributed by atoms with van der Waals surface area (Å²) in [4.78, 5) is 0. The fraction of sp³-hybridized carbons (Fsp3) is 0.600. The van der Waals surface area contributed by atoms with Crippen LogP contribution in [0.15, 0.2) is 12.1 Å². The second-order valence-corrected chi connectivity index (χ2v) is 5.37. The first-order valence-electron chi connectivity index (χ1n) is 7.35. The Bertz CT molecular complexity index is 558. The molecule has 1 saturated heterocycles. The lowest BCUT2D eigenvalue weighted by Crippen LogP contribution is -2.60. The third-order valence-corrected chi connectivity index (χ3v) is 3.82. The van der Waals surface area contributed by atoms with E-state index in [2.05, 4.69) is 0 Å². The standard InChI is InChI=1S/C15H20F2O8/c1-22-7-3-6(14(16)17)4-8(23-2)13(7)25-15-12(21)11(20)10(19)9(5-18)24-15/h3-4,9-12,14-15,18-21H,5H2,1-2H3/t9-,10-,11+,12-,15+/m1/s1. The van der Waals surface area contributed by atoms with Gasteiger partial charge in [0.1, 0.15) is 24.4 Å². The molecule has 0 bridgehead atoms. The number of benzene rings is 1. The van der Waals surface area contributed by atoms with Crippen LogP contribution in [0.3, 0.4) is 0 Å². The Morgan fingerprint density at radius 1 is 1.04 bits per heavy atom. The Morgan fingerprint density at radius 3 is 2.04 bits per heavy atom. The van der Waals surface area contributed by atoms with E-state index < -0.39 is 43.7 Å². The summed E-state index contributed by atoms with van der Waals surface area (Å²) in [6.45, 7) is -0.636. The van der Waals surface area contributed by atoms with Crippen LogP contribution in [0.4, 0.5) is 8.78 Å². The molecule has 8 nitrogen and oxygen atoms in total. The highest BCUT2D eigenvalue weighted by molar-refractivity contribution is 5.54. The Balaban J connectivity index is 2.35. The van der Waals surface area contributed by atoms with Crippen molar-refractivity contribution in [2.75, 3.05) is 20.8 Å². The molecular weight excluding hydrogens is 346 g/mol. The van der Waals surface area contributed by atoms with Crippen LogP contribution in [-0.4, -0.2) is 72.0 Å². The summed E-state index contributed by atoms with van der Waals surface area (Å²) in [6, 6.07) is 2.07. The molecular formula is C15H20F2O8. The van der Waals surface area contributed by atoms with E-state index in [9.17, 15) is 29.2 Å². The Hall–Kier alpha value is -1.72. The normalized spacial score (nSPS) is 29.6. The number of hydrogen-bond donors (Lipinski definition) is 4. The molecule has 2 rings (SSSR count). The van der Waals surface area contributed by atoms with Crippen molar-refractivity contribution >= 4 is 0 Å². The lowest BCUT2D eigenvalue weighted by Gasteiger charge is -2.39.